The monoisotopic (exact) mass is 238 g/mol. The van der Waals surface area contributed by atoms with Gasteiger partial charge in [-0.2, -0.15) is 8.42 Å². The Kier molecular flexibility index (Phi) is 5.58. The van der Waals surface area contributed by atoms with E-state index in [9.17, 15) is 8.42 Å². The molecule has 0 aliphatic carbocycles. The summed E-state index contributed by atoms with van der Waals surface area (Å²) in [7, 11) is -4.01. The van der Waals surface area contributed by atoms with Gasteiger partial charge in [-0.05, 0) is 6.42 Å². The Morgan fingerprint density at radius 2 is 2.00 bits per heavy atom. The molecular weight excluding hydrogens is 220 g/mol. The summed E-state index contributed by atoms with van der Waals surface area (Å²) < 4.78 is 30.2. The third-order valence-electron chi connectivity index (χ3n) is 1.95. The van der Waals surface area contributed by atoms with Crippen LogP contribution in [0.2, 0.25) is 19.1 Å². The van der Waals surface area contributed by atoms with E-state index >= 15 is 0 Å². The Morgan fingerprint density at radius 1 is 1.43 bits per heavy atom. The standard InChI is InChI=1S/C8H18O4SSi/c1-5-14(3,4)8-6-7-12-13(9,10)11-2/h5H,1,6-8H2,2-4H3. The van der Waals surface area contributed by atoms with E-state index in [4.69, 9.17) is 0 Å². The molecule has 84 valence electrons. The van der Waals surface area contributed by atoms with Crippen molar-refractivity contribution in [1.29, 1.82) is 0 Å². The molecule has 0 fully saturated rings. The van der Waals surface area contributed by atoms with Crippen LogP contribution < -0.4 is 0 Å². The van der Waals surface area contributed by atoms with Crippen molar-refractivity contribution >= 4 is 18.5 Å². The van der Waals surface area contributed by atoms with Crippen molar-refractivity contribution in [2.24, 2.45) is 0 Å². The molecule has 4 nitrogen and oxygen atoms in total. The van der Waals surface area contributed by atoms with Crippen LogP contribution in [0.3, 0.4) is 0 Å². The summed E-state index contributed by atoms with van der Waals surface area (Å²) in [6.45, 7) is 8.28. The topological polar surface area (TPSA) is 52.6 Å². The zero-order valence-corrected chi connectivity index (χ0v) is 10.8. The lowest BCUT2D eigenvalue weighted by atomic mass is 10.5. The SMILES string of the molecule is C=C[Si](C)(C)CCCOS(=O)(=O)OC. The fourth-order valence-corrected chi connectivity index (χ4v) is 2.52. The summed E-state index contributed by atoms with van der Waals surface area (Å²) in [6.07, 6.45) is 0.716. The van der Waals surface area contributed by atoms with Crippen molar-refractivity contribution < 1.29 is 16.8 Å². The van der Waals surface area contributed by atoms with Crippen LogP contribution >= 0.6 is 0 Å². The molecule has 0 spiro atoms. The largest absolute Gasteiger partial charge is 0.399 e. The van der Waals surface area contributed by atoms with Crippen LogP contribution in [0.5, 0.6) is 0 Å². The number of hydrogen-bond donors (Lipinski definition) is 0. The predicted octanol–water partition coefficient (Wildman–Crippen LogP) is 1.72. The van der Waals surface area contributed by atoms with Crippen LogP contribution in [0.4, 0.5) is 0 Å². The van der Waals surface area contributed by atoms with E-state index in [0.717, 1.165) is 13.2 Å². The van der Waals surface area contributed by atoms with Crippen LogP contribution in [0, 0.1) is 0 Å². The minimum absolute atomic E-state index is 0.181. The van der Waals surface area contributed by atoms with Crippen molar-refractivity contribution in [3.05, 3.63) is 12.3 Å². The average molecular weight is 238 g/mol. The molecule has 0 bridgehead atoms. The van der Waals surface area contributed by atoms with Crippen LogP contribution in [0.1, 0.15) is 6.42 Å². The fourth-order valence-electron chi connectivity index (χ4n) is 0.839. The summed E-state index contributed by atoms with van der Waals surface area (Å²) in [5, 5.41) is 0. The van der Waals surface area contributed by atoms with Gasteiger partial charge in [0.2, 0.25) is 0 Å². The minimum atomic E-state index is -3.75. The van der Waals surface area contributed by atoms with E-state index in [0.29, 0.717) is 6.42 Å². The molecule has 0 aromatic rings. The van der Waals surface area contributed by atoms with Gasteiger partial charge in [0, 0.05) is 0 Å². The van der Waals surface area contributed by atoms with Crippen molar-refractivity contribution in [3.63, 3.8) is 0 Å². The summed E-state index contributed by atoms with van der Waals surface area (Å²) in [5.74, 6) is 0. The van der Waals surface area contributed by atoms with E-state index in [-0.39, 0.29) is 6.61 Å². The highest BCUT2D eigenvalue weighted by atomic mass is 32.3. The van der Waals surface area contributed by atoms with Gasteiger partial charge in [0.1, 0.15) is 0 Å². The maximum absolute atomic E-state index is 10.7. The lowest BCUT2D eigenvalue weighted by Gasteiger charge is -2.16. The maximum atomic E-state index is 10.7. The molecule has 14 heavy (non-hydrogen) atoms. The summed E-state index contributed by atoms with van der Waals surface area (Å²) in [6, 6.07) is 0.968. The van der Waals surface area contributed by atoms with Gasteiger partial charge in [0.25, 0.3) is 0 Å². The van der Waals surface area contributed by atoms with Gasteiger partial charge in [0.15, 0.2) is 0 Å². The normalized spacial score (nSPS) is 12.8. The third kappa shape index (κ3) is 6.31. The molecule has 0 aliphatic rings. The van der Waals surface area contributed by atoms with Crippen molar-refractivity contribution in [2.45, 2.75) is 25.6 Å². The maximum Gasteiger partial charge on any atom is 0.399 e. The highest BCUT2D eigenvalue weighted by molar-refractivity contribution is 7.81. The average Bonchev–Trinajstić information content (AvgIpc) is 2.13. The number of rotatable bonds is 7. The molecule has 0 N–H and O–H groups in total. The zero-order chi connectivity index (χ0) is 11.2. The second-order valence-electron chi connectivity index (χ2n) is 3.69. The predicted molar refractivity (Wildman–Crippen MR) is 59.0 cm³/mol. The van der Waals surface area contributed by atoms with E-state index in [1.165, 1.54) is 0 Å². The highest BCUT2D eigenvalue weighted by Crippen LogP contribution is 2.13. The first-order valence-corrected chi connectivity index (χ1v) is 9.03. The molecule has 0 aromatic heterocycles. The van der Waals surface area contributed by atoms with E-state index < -0.39 is 18.5 Å². The molecule has 6 heteroatoms. The molecule has 0 saturated heterocycles. The van der Waals surface area contributed by atoms with Crippen molar-refractivity contribution in [2.75, 3.05) is 13.7 Å². The van der Waals surface area contributed by atoms with Gasteiger partial charge in [0.05, 0.1) is 21.8 Å². The highest BCUT2D eigenvalue weighted by Gasteiger charge is 2.16. The first-order valence-electron chi connectivity index (χ1n) is 4.41. The lowest BCUT2D eigenvalue weighted by Crippen LogP contribution is -2.22. The van der Waals surface area contributed by atoms with Crippen LogP contribution in [0.25, 0.3) is 0 Å². The second-order valence-corrected chi connectivity index (χ2v) is 9.96. The first kappa shape index (κ1) is 13.8. The Morgan fingerprint density at radius 3 is 2.43 bits per heavy atom. The van der Waals surface area contributed by atoms with Crippen molar-refractivity contribution in [1.82, 2.24) is 0 Å². The van der Waals surface area contributed by atoms with Crippen molar-refractivity contribution in [3.8, 4) is 0 Å². The third-order valence-corrected chi connectivity index (χ3v) is 5.56. The van der Waals surface area contributed by atoms with E-state index in [2.05, 4.69) is 28.0 Å². The van der Waals surface area contributed by atoms with Crippen LogP contribution in [-0.4, -0.2) is 30.2 Å². The Hall–Kier alpha value is -0.173. The summed E-state index contributed by atoms with van der Waals surface area (Å²) in [5.41, 5.74) is 1.98. The lowest BCUT2D eigenvalue weighted by molar-refractivity contribution is 0.243. The quantitative estimate of drug-likeness (QED) is 0.500. The van der Waals surface area contributed by atoms with E-state index in [1.807, 2.05) is 5.70 Å². The van der Waals surface area contributed by atoms with E-state index in [1.54, 1.807) is 0 Å². The Balaban J connectivity index is 3.73. The summed E-state index contributed by atoms with van der Waals surface area (Å²) in [4.78, 5) is 0. The molecular formula is C8H18O4SSi. The van der Waals surface area contributed by atoms with Gasteiger partial charge in [-0.3, -0.25) is 4.18 Å². The van der Waals surface area contributed by atoms with Gasteiger partial charge < -0.3 is 0 Å². The molecule has 0 aliphatic heterocycles. The summed E-state index contributed by atoms with van der Waals surface area (Å²) >= 11 is 0. The molecule has 0 rings (SSSR count). The molecule has 0 heterocycles. The Bertz CT molecular complexity index is 271. The smallest absolute Gasteiger partial charge is 0.252 e. The molecule has 0 aromatic carbocycles. The van der Waals surface area contributed by atoms with Gasteiger partial charge in [-0.25, -0.2) is 4.18 Å². The Labute approximate surface area is 87.3 Å². The van der Waals surface area contributed by atoms with Crippen LogP contribution in [-0.2, 0) is 18.8 Å². The molecule has 0 atom stereocenters. The molecule has 0 saturated carbocycles. The molecule has 0 unspecified atom stereocenters. The molecule has 0 amide bonds. The zero-order valence-electron chi connectivity index (χ0n) is 8.95. The van der Waals surface area contributed by atoms with Crippen LogP contribution in [0.15, 0.2) is 12.3 Å². The van der Waals surface area contributed by atoms with Gasteiger partial charge in [-0.15, -0.1) is 12.3 Å². The van der Waals surface area contributed by atoms with Gasteiger partial charge in [-0.1, -0.05) is 19.1 Å². The second kappa shape index (κ2) is 5.65. The minimum Gasteiger partial charge on any atom is -0.252 e. The fraction of sp³-hybridized carbons (Fsp3) is 0.750. The molecule has 0 radical (unpaired) electrons. The first-order chi connectivity index (χ1) is 6.33. The van der Waals surface area contributed by atoms with Gasteiger partial charge >= 0.3 is 10.4 Å². The number of hydrogen-bond acceptors (Lipinski definition) is 4.